The smallest absolute Gasteiger partial charge is 0.377 e. The lowest BCUT2D eigenvalue weighted by molar-refractivity contribution is -0.143. The summed E-state index contributed by atoms with van der Waals surface area (Å²) >= 11 is 0. The minimum Gasteiger partial charge on any atom is -0.499 e. The molecule has 1 heterocycles. The highest BCUT2D eigenvalue weighted by Gasteiger charge is 2.43. The number of hydrogen-bond donors (Lipinski definition) is 2. The van der Waals surface area contributed by atoms with E-state index in [2.05, 4.69) is 6.58 Å². The van der Waals surface area contributed by atoms with Gasteiger partial charge in [-0.15, -0.1) is 0 Å². The summed E-state index contributed by atoms with van der Waals surface area (Å²) in [4.78, 5) is 24.0. The molecule has 2 rings (SSSR count). The average Bonchev–Trinajstić information content (AvgIpc) is 2.82. The van der Waals surface area contributed by atoms with E-state index in [0.29, 0.717) is 12.0 Å². The molecule has 2 unspecified atom stereocenters. The number of Topliss-reactive ketones (excluding diaryl/α,β-unsaturated/α-hetero) is 1. The molecule has 2 atom stereocenters. The highest BCUT2D eigenvalue weighted by atomic mass is 16.6. The van der Waals surface area contributed by atoms with Crippen molar-refractivity contribution >= 4 is 11.8 Å². The van der Waals surface area contributed by atoms with Crippen LogP contribution in [-0.4, -0.2) is 40.8 Å². The fourth-order valence-electron chi connectivity index (χ4n) is 3.16. The predicted octanol–water partition coefficient (Wildman–Crippen LogP) is 3.22. The van der Waals surface area contributed by atoms with Gasteiger partial charge in [-0.2, -0.15) is 0 Å². The Labute approximate surface area is 150 Å². The van der Waals surface area contributed by atoms with Crippen LogP contribution in [-0.2, 0) is 19.1 Å². The van der Waals surface area contributed by atoms with Gasteiger partial charge in [-0.1, -0.05) is 40.3 Å². The van der Waals surface area contributed by atoms with Crippen molar-refractivity contribution in [3.05, 3.63) is 35.3 Å². The van der Waals surface area contributed by atoms with E-state index in [1.54, 1.807) is 13.0 Å². The van der Waals surface area contributed by atoms with Crippen molar-refractivity contribution < 1.29 is 30.7 Å². The fraction of sp³-hybridized carbons (Fsp3) is 0.579. The van der Waals surface area contributed by atoms with Crippen molar-refractivity contribution in [2.24, 2.45) is 5.41 Å². The first-order chi connectivity index (χ1) is 11.7. The lowest BCUT2D eigenvalue weighted by Gasteiger charge is -2.37. The maximum Gasteiger partial charge on any atom is 0.377 e. The topological polar surface area (TPSA) is 93.1 Å². The Kier molecular flexibility index (Phi) is 6.99. The Morgan fingerprint density at radius 1 is 1.40 bits per heavy atom. The maximum atomic E-state index is 12.5. The minimum atomic E-state index is -0.903. The second-order valence-corrected chi connectivity index (χ2v) is 6.42. The van der Waals surface area contributed by atoms with E-state index in [9.17, 15) is 14.7 Å². The van der Waals surface area contributed by atoms with Crippen LogP contribution in [0, 0.1) is 5.41 Å². The number of carbonyl (C=O) groups is 2. The van der Waals surface area contributed by atoms with Crippen molar-refractivity contribution in [1.29, 1.82) is 0 Å². The van der Waals surface area contributed by atoms with Crippen molar-refractivity contribution in [2.45, 2.75) is 59.7 Å². The van der Waals surface area contributed by atoms with Gasteiger partial charge in [0, 0.05) is 20.9 Å². The van der Waals surface area contributed by atoms with Gasteiger partial charge in [0.1, 0.15) is 0 Å². The first kappa shape index (κ1) is 21.0. The molecule has 2 N–H and O–H groups in total. The van der Waals surface area contributed by atoms with E-state index in [4.69, 9.17) is 14.6 Å². The fourth-order valence-corrected chi connectivity index (χ4v) is 3.16. The number of ether oxygens (including phenoxy) is 2. The maximum absolute atomic E-state index is 12.5. The third-order valence-corrected chi connectivity index (χ3v) is 4.32. The summed E-state index contributed by atoms with van der Waals surface area (Å²) in [5, 5.41) is 18.9. The number of aliphatic hydroxyl groups is 2. The molecule has 0 aromatic rings. The molecule has 2 aliphatic rings. The number of esters is 1. The number of hydrogen-bond acceptors (Lipinski definition) is 6. The molecule has 0 aromatic heterocycles. The Morgan fingerprint density at radius 3 is 2.52 bits per heavy atom. The summed E-state index contributed by atoms with van der Waals surface area (Å²) in [7, 11) is 0. The van der Waals surface area contributed by atoms with Crippen LogP contribution in [0.15, 0.2) is 35.3 Å². The largest absolute Gasteiger partial charge is 0.499 e. The summed E-state index contributed by atoms with van der Waals surface area (Å²) in [6, 6.07) is 0. The van der Waals surface area contributed by atoms with Gasteiger partial charge in [-0.3, -0.25) is 4.79 Å². The van der Waals surface area contributed by atoms with Crippen molar-refractivity contribution in [3.63, 3.8) is 0 Å². The Bertz CT molecular complexity index is 618. The third-order valence-electron chi connectivity index (χ3n) is 4.32. The number of carbonyl (C=O) groups excluding carboxylic acids is 2. The van der Waals surface area contributed by atoms with Gasteiger partial charge in [-0.25, -0.2) is 4.79 Å². The van der Waals surface area contributed by atoms with Crippen molar-refractivity contribution in [1.82, 2.24) is 0 Å². The monoisotopic (exact) mass is 354 g/mol. The second kappa shape index (κ2) is 8.34. The van der Waals surface area contributed by atoms with E-state index in [0.717, 1.165) is 5.57 Å². The lowest BCUT2D eigenvalue weighted by Crippen LogP contribution is -2.38. The van der Waals surface area contributed by atoms with E-state index >= 15 is 0 Å². The van der Waals surface area contributed by atoms with Gasteiger partial charge >= 0.3 is 5.97 Å². The predicted molar refractivity (Wildman–Crippen MR) is 95.9 cm³/mol. The van der Waals surface area contributed by atoms with Gasteiger partial charge in [0.25, 0.3) is 0 Å². The van der Waals surface area contributed by atoms with Crippen LogP contribution in [0.25, 0.3) is 0 Å². The summed E-state index contributed by atoms with van der Waals surface area (Å²) in [6.07, 6.45) is 0.482. The highest BCUT2D eigenvalue weighted by molar-refractivity contribution is 6.01. The second-order valence-electron chi connectivity index (χ2n) is 6.42. The molecular formula is C19H30O6. The zero-order chi connectivity index (χ0) is 19.4. The Morgan fingerprint density at radius 2 is 2.00 bits per heavy atom. The molecule has 0 amide bonds. The van der Waals surface area contributed by atoms with Gasteiger partial charge in [0.2, 0.25) is 5.76 Å². The van der Waals surface area contributed by atoms with Crippen LogP contribution in [0.5, 0.6) is 0 Å². The summed E-state index contributed by atoms with van der Waals surface area (Å²) in [6.45, 7) is 13.2. The molecule has 1 aliphatic carbocycles. The zero-order valence-electron chi connectivity index (χ0n) is 15.6. The number of rotatable bonds is 5. The summed E-state index contributed by atoms with van der Waals surface area (Å²) in [5.41, 5.74) is 1.10. The molecule has 0 aromatic carbocycles. The van der Waals surface area contributed by atoms with Crippen molar-refractivity contribution in [2.75, 3.05) is 6.61 Å². The van der Waals surface area contributed by atoms with Gasteiger partial charge < -0.3 is 19.7 Å². The van der Waals surface area contributed by atoms with E-state index in [1.807, 2.05) is 27.7 Å². The molecule has 0 saturated carbocycles. The lowest BCUT2D eigenvalue weighted by atomic mass is 9.71. The standard InChI is InChI=1S/C17H22O6.C2H6.H2/c1-5-10-9(2)13(19)12(8-17(10,3)4)22-15-11(6-7-18)23-16(21)14(15)20;1-2;/h5,11-12,18,20H,1,6-8H2,2-4H3;1-2H3;1H. The first-order valence-electron chi connectivity index (χ1n) is 8.52. The van der Waals surface area contributed by atoms with Crippen LogP contribution in [0.2, 0.25) is 0 Å². The molecule has 25 heavy (non-hydrogen) atoms. The minimum absolute atomic E-state index is 0. The molecule has 0 bridgehead atoms. The number of aliphatic hydroxyl groups excluding tert-OH is 2. The van der Waals surface area contributed by atoms with Crippen LogP contribution in [0.4, 0.5) is 0 Å². The highest BCUT2D eigenvalue weighted by Crippen LogP contribution is 2.41. The van der Waals surface area contributed by atoms with Gasteiger partial charge in [0.05, 0.1) is 0 Å². The molecule has 0 spiro atoms. The Balaban J connectivity index is 0.00000201. The summed E-state index contributed by atoms with van der Waals surface area (Å²) < 4.78 is 10.6. The van der Waals surface area contributed by atoms with Crippen molar-refractivity contribution in [3.8, 4) is 0 Å². The van der Waals surface area contributed by atoms with Crippen LogP contribution < -0.4 is 0 Å². The molecule has 0 radical (unpaired) electrons. The normalized spacial score (nSPS) is 25.4. The number of ketones is 1. The summed E-state index contributed by atoms with van der Waals surface area (Å²) in [5.74, 6) is -1.82. The van der Waals surface area contributed by atoms with E-state index in [1.165, 1.54) is 0 Å². The molecule has 142 valence electrons. The third kappa shape index (κ3) is 4.12. The molecule has 6 heteroatoms. The quantitative estimate of drug-likeness (QED) is 0.736. The SMILES string of the molecule is C=CC1=C(C)C(=O)C(OC2=C(O)C(=O)OC2CCO)CC1(C)C.CC.[HH]. The average molecular weight is 354 g/mol. The van der Waals surface area contributed by atoms with E-state index in [-0.39, 0.29) is 31.4 Å². The number of cyclic esters (lactones) is 1. The molecular weight excluding hydrogens is 324 g/mol. The number of allylic oxidation sites excluding steroid dienone is 2. The van der Waals surface area contributed by atoms with Gasteiger partial charge in [-0.05, 0) is 23.5 Å². The molecule has 0 saturated heterocycles. The molecule has 0 fully saturated rings. The van der Waals surface area contributed by atoms with Crippen LogP contribution in [0.1, 0.15) is 48.9 Å². The van der Waals surface area contributed by atoms with Gasteiger partial charge in [0.15, 0.2) is 23.8 Å². The van der Waals surface area contributed by atoms with Crippen LogP contribution >= 0.6 is 0 Å². The first-order valence-corrected chi connectivity index (χ1v) is 8.52. The molecule has 6 nitrogen and oxygen atoms in total. The molecule has 1 aliphatic heterocycles. The Hall–Kier alpha value is -2.08. The zero-order valence-corrected chi connectivity index (χ0v) is 15.6. The van der Waals surface area contributed by atoms with E-state index < -0.39 is 23.9 Å². The van der Waals surface area contributed by atoms with Crippen LogP contribution in [0.3, 0.4) is 0 Å².